The molecule has 3 aromatic rings. The molecule has 1 fully saturated rings. The number of carbonyl (C=O) groups is 1. The number of ether oxygens (including phenoxy) is 1. The first-order valence-corrected chi connectivity index (χ1v) is 11.2. The lowest BCUT2D eigenvalue weighted by atomic mass is 10.2. The van der Waals surface area contributed by atoms with E-state index < -0.39 is 0 Å². The Morgan fingerprint density at radius 3 is 2.66 bits per heavy atom. The van der Waals surface area contributed by atoms with Gasteiger partial charge in [-0.05, 0) is 38.0 Å². The van der Waals surface area contributed by atoms with Crippen LogP contribution in [0.15, 0.2) is 46.0 Å². The Kier molecular flexibility index (Phi) is 7.58. The number of benzene rings is 1. The molecule has 1 aromatic carbocycles. The summed E-state index contributed by atoms with van der Waals surface area (Å²) in [5, 5.41) is 0. The number of hydrogen-bond donors (Lipinski definition) is 1. The third-order valence-corrected chi connectivity index (χ3v) is 5.62. The van der Waals surface area contributed by atoms with Crippen molar-refractivity contribution in [3.05, 3.63) is 41.9 Å². The lowest BCUT2D eigenvalue weighted by Crippen LogP contribution is -2.37. The van der Waals surface area contributed by atoms with Crippen LogP contribution < -0.4 is 10.6 Å². The van der Waals surface area contributed by atoms with Crippen LogP contribution in [0.25, 0.3) is 22.6 Å². The number of morpholine rings is 1. The molecule has 1 saturated heterocycles. The standard InChI is InChI=1S/C24H29N9O2/c1-26-12-17(15-34)13-27-16-31(2)14-20-28-21-23(32(20)3)29-22(18-4-6-19(25)7-5-18)30-24(21)33-8-10-35-11-9-33/h4-7,12-13,15H,1,8-11,14,16,25H2,2-3H3/b17-12+,27-13?. The summed E-state index contributed by atoms with van der Waals surface area (Å²) < 4.78 is 7.53. The number of aldehydes is 1. The van der Waals surface area contributed by atoms with E-state index in [0.717, 1.165) is 41.5 Å². The fourth-order valence-electron chi connectivity index (χ4n) is 3.77. The first kappa shape index (κ1) is 24.2. The van der Waals surface area contributed by atoms with E-state index in [9.17, 15) is 4.79 Å². The van der Waals surface area contributed by atoms with Gasteiger partial charge in [-0.2, -0.15) is 0 Å². The molecule has 0 spiro atoms. The predicted octanol–water partition coefficient (Wildman–Crippen LogP) is 1.69. The number of aromatic nitrogens is 4. The molecule has 0 bridgehead atoms. The van der Waals surface area contributed by atoms with Gasteiger partial charge in [0.2, 0.25) is 0 Å². The summed E-state index contributed by atoms with van der Waals surface area (Å²) in [5.41, 5.74) is 9.31. The molecule has 11 heteroatoms. The molecule has 2 N–H and O–H groups in total. The van der Waals surface area contributed by atoms with Crippen LogP contribution in [0, 0.1) is 0 Å². The number of imidazole rings is 1. The Morgan fingerprint density at radius 2 is 1.97 bits per heavy atom. The highest BCUT2D eigenvalue weighted by molar-refractivity contribution is 6.01. The van der Waals surface area contributed by atoms with Crippen molar-refractivity contribution in [3.63, 3.8) is 0 Å². The van der Waals surface area contributed by atoms with Crippen LogP contribution in [0.4, 0.5) is 11.5 Å². The van der Waals surface area contributed by atoms with Gasteiger partial charge in [-0.1, -0.05) is 0 Å². The maximum absolute atomic E-state index is 11.0. The molecule has 3 heterocycles. The number of nitrogen functional groups attached to an aromatic ring is 1. The zero-order chi connectivity index (χ0) is 24.8. The fraction of sp³-hybridized carbons (Fsp3) is 0.333. The first-order chi connectivity index (χ1) is 17.0. The third-order valence-electron chi connectivity index (χ3n) is 5.62. The van der Waals surface area contributed by atoms with Gasteiger partial charge < -0.3 is 19.9 Å². The Bertz CT molecular complexity index is 1260. The van der Waals surface area contributed by atoms with Crippen molar-refractivity contribution in [2.24, 2.45) is 17.0 Å². The normalized spacial score (nSPS) is 14.8. The average Bonchev–Trinajstić information content (AvgIpc) is 3.18. The second-order valence-corrected chi connectivity index (χ2v) is 8.25. The number of aliphatic imine (C=N–C) groups is 2. The summed E-state index contributed by atoms with van der Waals surface area (Å²) in [7, 11) is 3.88. The monoisotopic (exact) mass is 475 g/mol. The minimum absolute atomic E-state index is 0.358. The maximum Gasteiger partial charge on any atom is 0.166 e. The highest BCUT2D eigenvalue weighted by Crippen LogP contribution is 2.28. The van der Waals surface area contributed by atoms with E-state index in [-0.39, 0.29) is 0 Å². The molecule has 35 heavy (non-hydrogen) atoms. The molecular formula is C24H29N9O2. The first-order valence-electron chi connectivity index (χ1n) is 11.2. The van der Waals surface area contributed by atoms with Gasteiger partial charge in [0.25, 0.3) is 0 Å². The summed E-state index contributed by atoms with van der Waals surface area (Å²) in [5.74, 6) is 2.25. The smallest absolute Gasteiger partial charge is 0.166 e. The molecule has 0 unspecified atom stereocenters. The van der Waals surface area contributed by atoms with Crippen molar-refractivity contribution in [2.75, 3.05) is 50.7 Å². The lowest BCUT2D eigenvalue weighted by molar-refractivity contribution is -0.104. The lowest BCUT2D eigenvalue weighted by Gasteiger charge is -2.28. The molecule has 4 rings (SSSR count). The number of aryl methyl sites for hydroxylation is 1. The number of nitrogens with two attached hydrogens (primary N) is 1. The third kappa shape index (κ3) is 5.58. The van der Waals surface area contributed by atoms with Crippen LogP contribution in [0.5, 0.6) is 0 Å². The molecule has 0 radical (unpaired) electrons. The fourth-order valence-corrected chi connectivity index (χ4v) is 3.77. The molecular weight excluding hydrogens is 446 g/mol. The highest BCUT2D eigenvalue weighted by Gasteiger charge is 2.22. The van der Waals surface area contributed by atoms with Crippen molar-refractivity contribution in [3.8, 4) is 11.4 Å². The molecule has 0 amide bonds. The van der Waals surface area contributed by atoms with Crippen LogP contribution in [-0.2, 0) is 23.1 Å². The Balaban J connectivity index is 1.66. The van der Waals surface area contributed by atoms with Crippen LogP contribution in [0.2, 0.25) is 0 Å². The van der Waals surface area contributed by atoms with Gasteiger partial charge in [0, 0.05) is 43.8 Å². The van der Waals surface area contributed by atoms with E-state index in [2.05, 4.69) is 21.6 Å². The van der Waals surface area contributed by atoms with Gasteiger partial charge >= 0.3 is 0 Å². The van der Waals surface area contributed by atoms with E-state index in [1.165, 1.54) is 12.4 Å². The van der Waals surface area contributed by atoms with Crippen LogP contribution in [0.1, 0.15) is 5.82 Å². The van der Waals surface area contributed by atoms with Crippen molar-refractivity contribution in [2.45, 2.75) is 6.54 Å². The number of hydrogen-bond acceptors (Lipinski definition) is 10. The molecule has 0 saturated carbocycles. The Labute approximate surface area is 203 Å². The molecule has 182 valence electrons. The topological polar surface area (TPSA) is 127 Å². The van der Waals surface area contributed by atoms with E-state index in [0.29, 0.717) is 49.8 Å². The van der Waals surface area contributed by atoms with Crippen LogP contribution in [0.3, 0.4) is 0 Å². The minimum atomic E-state index is 0.358. The molecule has 0 atom stereocenters. The quantitative estimate of drug-likeness (QED) is 0.214. The molecule has 1 aliphatic heterocycles. The summed E-state index contributed by atoms with van der Waals surface area (Å²) >= 11 is 0. The van der Waals surface area contributed by atoms with E-state index in [1.54, 1.807) is 0 Å². The van der Waals surface area contributed by atoms with Gasteiger partial charge in [-0.3, -0.25) is 19.7 Å². The van der Waals surface area contributed by atoms with E-state index in [4.69, 9.17) is 25.4 Å². The van der Waals surface area contributed by atoms with Crippen molar-refractivity contribution >= 4 is 41.9 Å². The van der Waals surface area contributed by atoms with E-state index >= 15 is 0 Å². The number of carbonyl (C=O) groups excluding carboxylic acids is 1. The molecule has 1 aliphatic rings. The van der Waals surface area contributed by atoms with Gasteiger partial charge in [0.1, 0.15) is 5.82 Å². The zero-order valence-corrected chi connectivity index (χ0v) is 20.0. The van der Waals surface area contributed by atoms with Gasteiger partial charge in [0.05, 0.1) is 32.0 Å². The number of rotatable bonds is 9. The predicted molar refractivity (Wildman–Crippen MR) is 138 cm³/mol. The zero-order valence-electron chi connectivity index (χ0n) is 20.0. The highest BCUT2D eigenvalue weighted by atomic mass is 16.5. The van der Waals surface area contributed by atoms with Crippen molar-refractivity contribution < 1.29 is 9.53 Å². The molecule has 2 aromatic heterocycles. The Hall–Kier alpha value is -3.96. The second-order valence-electron chi connectivity index (χ2n) is 8.25. The number of allylic oxidation sites excluding steroid dienone is 1. The number of anilines is 2. The van der Waals surface area contributed by atoms with Crippen molar-refractivity contribution in [1.82, 2.24) is 24.4 Å². The average molecular weight is 476 g/mol. The molecule has 11 nitrogen and oxygen atoms in total. The number of nitrogens with zero attached hydrogens (tertiary/aromatic N) is 8. The second kappa shape index (κ2) is 11.0. The van der Waals surface area contributed by atoms with Crippen LogP contribution in [-0.4, -0.2) is 83.7 Å². The van der Waals surface area contributed by atoms with Gasteiger partial charge in [0.15, 0.2) is 29.1 Å². The van der Waals surface area contributed by atoms with Crippen LogP contribution >= 0.6 is 0 Å². The summed E-state index contributed by atoms with van der Waals surface area (Å²) in [6.45, 7) is 7.02. The van der Waals surface area contributed by atoms with E-state index in [1.807, 2.05) is 47.8 Å². The largest absolute Gasteiger partial charge is 0.399 e. The Morgan fingerprint density at radius 1 is 1.23 bits per heavy atom. The summed E-state index contributed by atoms with van der Waals surface area (Å²) in [6.07, 6.45) is 3.54. The molecule has 0 aliphatic carbocycles. The maximum atomic E-state index is 11.0. The van der Waals surface area contributed by atoms with Crippen molar-refractivity contribution in [1.29, 1.82) is 0 Å². The minimum Gasteiger partial charge on any atom is -0.399 e. The van der Waals surface area contributed by atoms with Gasteiger partial charge in [-0.15, -0.1) is 0 Å². The van der Waals surface area contributed by atoms with Gasteiger partial charge in [-0.25, -0.2) is 15.0 Å². The SMILES string of the molecule is C=N/C=C(/C=O)C=NCN(C)Cc1nc2c(N3CCOCC3)nc(-c3ccc(N)cc3)nc2n1C. The summed E-state index contributed by atoms with van der Waals surface area (Å²) in [4.78, 5) is 37.8. The number of fused-ring (bicyclic) bond motifs is 1. The summed E-state index contributed by atoms with van der Waals surface area (Å²) in [6, 6.07) is 7.54.